The lowest BCUT2D eigenvalue weighted by molar-refractivity contribution is -0.141. The number of ketones is 1. The number of allylic oxidation sites excluding steroid dienone is 2. The van der Waals surface area contributed by atoms with Gasteiger partial charge in [0.25, 0.3) is 5.91 Å². The second-order valence-electron chi connectivity index (χ2n) is 15.3. The first kappa shape index (κ1) is 39.4. The third-order valence-corrected chi connectivity index (χ3v) is 11.2. The van der Waals surface area contributed by atoms with Crippen LogP contribution in [-0.4, -0.2) is 95.0 Å². The number of nitrogens with one attached hydrogen (secondary N) is 3. The van der Waals surface area contributed by atoms with Crippen molar-refractivity contribution in [3.63, 3.8) is 0 Å². The molecule has 2 aliphatic carbocycles. The molecule has 4 aliphatic rings. The molecular weight excluding hydrogens is 713 g/mol. The van der Waals surface area contributed by atoms with E-state index in [0.29, 0.717) is 29.5 Å². The van der Waals surface area contributed by atoms with Crippen molar-refractivity contribution in [1.82, 2.24) is 25.2 Å². The topological polar surface area (TPSA) is 198 Å². The summed E-state index contributed by atoms with van der Waals surface area (Å²) in [7, 11) is -3.97. The summed E-state index contributed by atoms with van der Waals surface area (Å²) in [5, 5.41) is 4.37. The zero-order valence-corrected chi connectivity index (χ0v) is 31.2. The molecule has 53 heavy (non-hydrogen) atoms. The standard InChI is InChI=1S/C36H46FN5O10S/c1-7-22-16-36(22,32(46)40-53(49,50)25-11-12-25)39-30(44)29-15-24(51-34(48)41-17-21-9-8-10-27(37)26(21)19-41)18-42(29)31(45)28(14-23(43)13-20(2)3)38-33(47)52-35(4,5)6/h7-10,13,22,24-25,28-29H,1,11-12,14-19H2,2-6H3,(H,38,47)(H,39,44)(H,40,46)/t22-,24-,28+,29+,36-/m1/s1. The minimum atomic E-state index is -3.97. The summed E-state index contributed by atoms with van der Waals surface area (Å²) in [5.74, 6) is -4.27. The van der Waals surface area contributed by atoms with Crippen molar-refractivity contribution in [2.75, 3.05) is 6.54 Å². The summed E-state index contributed by atoms with van der Waals surface area (Å²) < 4.78 is 52.8. The highest BCUT2D eigenvalue weighted by Crippen LogP contribution is 2.45. The van der Waals surface area contributed by atoms with Crippen molar-refractivity contribution >= 4 is 45.7 Å². The Bertz CT molecular complexity index is 1850. The zero-order valence-electron chi connectivity index (χ0n) is 30.4. The maximum Gasteiger partial charge on any atom is 0.410 e. The van der Waals surface area contributed by atoms with Gasteiger partial charge in [0, 0.05) is 30.9 Å². The Morgan fingerprint density at radius 1 is 1.11 bits per heavy atom. The van der Waals surface area contributed by atoms with E-state index in [2.05, 4.69) is 21.9 Å². The number of nitrogens with zero attached hydrogens (tertiary/aromatic N) is 2. The molecule has 1 saturated heterocycles. The van der Waals surface area contributed by atoms with Gasteiger partial charge in [0.15, 0.2) is 5.78 Å². The van der Waals surface area contributed by atoms with Gasteiger partial charge in [-0.3, -0.25) is 28.8 Å². The van der Waals surface area contributed by atoms with Gasteiger partial charge < -0.3 is 25.0 Å². The average molecular weight is 760 g/mol. The van der Waals surface area contributed by atoms with E-state index in [9.17, 15) is 41.6 Å². The van der Waals surface area contributed by atoms with Gasteiger partial charge in [-0.25, -0.2) is 22.4 Å². The van der Waals surface area contributed by atoms with Crippen LogP contribution in [0.4, 0.5) is 14.0 Å². The Morgan fingerprint density at radius 3 is 2.40 bits per heavy atom. The van der Waals surface area contributed by atoms with E-state index >= 15 is 0 Å². The van der Waals surface area contributed by atoms with E-state index in [4.69, 9.17) is 9.47 Å². The summed E-state index contributed by atoms with van der Waals surface area (Å²) in [6, 6.07) is 1.59. The number of rotatable bonds is 12. The lowest BCUT2D eigenvalue weighted by atomic mass is 10.1. The highest BCUT2D eigenvalue weighted by atomic mass is 32.2. The minimum absolute atomic E-state index is 0.0411. The van der Waals surface area contributed by atoms with Gasteiger partial charge in [0.2, 0.25) is 21.8 Å². The third kappa shape index (κ3) is 9.23. The highest BCUT2D eigenvalue weighted by Gasteiger charge is 2.62. The van der Waals surface area contributed by atoms with Crippen LogP contribution >= 0.6 is 0 Å². The Morgan fingerprint density at radius 2 is 1.81 bits per heavy atom. The van der Waals surface area contributed by atoms with Crippen molar-refractivity contribution in [2.45, 2.75) is 114 Å². The lowest BCUT2D eigenvalue weighted by Crippen LogP contribution is -2.58. The molecule has 0 bridgehead atoms. The number of fused-ring (bicyclic) bond motifs is 1. The fourth-order valence-corrected chi connectivity index (χ4v) is 7.92. The Balaban J connectivity index is 1.40. The van der Waals surface area contributed by atoms with E-state index in [0.717, 1.165) is 4.90 Å². The second-order valence-corrected chi connectivity index (χ2v) is 17.2. The summed E-state index contributed by atoms with van der Waals surface area (Å²) in [5.41, 5.74) is -1.04. The molecule has 3 N–H and O–H groups in total. The SMILES string of the molecule is C=C[C@@H]1C[C@]1(NC(=O)[C@@H]1C[C@@H](OC(=O)N2Cc3cccc(F)c3C2)CN1C(=O)[C@H](CC(=O)C=C(C)C)NC(=O)OC(C)(C)C)C(=O)NS(=O)(=O)C1CC1. The number of ether oxygens (including phenoxy) is 2. The summed E-state index contributed by atoms with van der Waals surface area (Å²) in [6.07, 6.45) is -0.0962. The molecule has 1 aromatic carbocycles. The van der Waals surface area contributed by atoms with Crippen LogP contribution in [0.15, 0.2) is 42.5 Å². The monoisotopic (exact) mass is 759 g/mol. The van der Waals surface area contributed by atoms with Gasteiger partial charge in [-0.2, -0.15) is 0 Å². The number of carbonyl (C=O) groups excluding carboxylic acids is 6. The van der Waals surface area contributed by atoms with Gasteiger partial charge in [-0.1, -0.05) is 23.8 Å². The van der Waals surface area contributed by atoms with Gasteiger partial charge in [-0.15, -0.1) is 6.58 Å². The summed E-state index contributed by atoms with van der Waals surface area (Å²) >= 11 is 0. The first-order valence-corrected chi connectivity index (χ1v) is 19.0. The summed E-state index contributed by atoms with van der Waals surface area (Å²) in [4.78, 5) is 83.3. The average Bonchev–Trinajstić information content (AvgIpc) is 3.93. The molecule has 0 radical (unpaired) electrons. The number of hydrogen-bond acceptors (Lipinski definition) is 10. The molecule has 5 rings (SSSR count). The van der Waals surface area contributed by atoms with E-state index in [1.807, 2.05) is 0 Å². The Hall–Kier alpha value is -4.80. The largest absolute Gasteiger partial charge is 0.444 e. The molecule has 15 nitrogen and oxygen atoms in total. The fourth-order valence-electron chi connectivity index (χ4n) is 6.55. The van der Waals surface area contributed by atoms with Crippen LogP contribution in [0.5, 0.6) is 0 Å². The molecule has 5 amide bonds. The first-order valence-electron chi connectivity index (χ1n) is 17.4. The van der Waals surface area contributed by atoms with E-state index < -0.39 is 98.4 Å². The highest BCUT2D eigenvalue weighted by molar-refractivity contribution is 7.91. The molecule has 3 fully saturated rings. The number of amides is 5. The van der Waals surface area contributed by atoms with Crippen LogP contribution in [-0.2, 0) is 51.8 Å². The summed E-state index contributed by atoms with van der Waals surface area (Å²) in [6.45, 7) is 11.6. The van der Waals surface area contributed by atoms with Gasteiger partial charge in [0.1, 0.15) is 35.1 Å². The van der Waals surface area contributed by atoms with Crippen LogP contribution in [0.3, 0.4) is 0 Å². The third-order valence-electron chi connectivity index (χ3n) is 9.39. The number of benzene rings is 1. The number of halogens is 1. The quantitative estimate of drug-likeness (QED) is 0.211. The maximum atomic E-state index is 14.4. The molecule has 0 spiro atoms. The Kier molecular flexibility index (Phi) is 11.1. The number of carbonyl (C=O) groups is 6. The van der Waals surface area contributed by atoms with Crippen LogP contribution in [0.2, 0.25) is 0 Å². The van der Waals surface area contributed by atoms with E-state index in [1.165, 1.54) is 29.2 Å². The molecule has 5 atom stereocenters. The molecule has 1 aromatic rings. The number of hydrogen-bond donors (Lipinski definition) is 3. The molecule has 288 valence electrons. The van der Waals surface area contributed by atoms with Gasteiger partial charge in [0.05, 0.1) is 18.3 Å². The van der Waals surface area contributed by atoms with Crippen LogP contribution in [0.25, 0.3) is 0 Å². The number of alkyl carbamates (subject to hydrolysis) is 1. The molecule has 17 heteroatoms. The maximum absolute atomic E-state index is 14.4. The van der Waals surface area contributed by atoms with Crippen molar-refractivity contribution in [1.29, 1.82) is 0 Å². The number of sulfonamides is 1. The molecular formula is C36H46FN5O10S. The van der Waals surface area contributed by atoms with Crippen molar-refractivity contribution < 1.29 is 51.0 Å². The van der Waals surface area contributed by atoms with Gasteiger partial charge >= 0.3 is 12.2 Å². The van der Waals surface area contributed by atoms with Crippen LogP contribution in [0.1, 0.15) is 77.8 Å². The van der Waals surface area contributed by atoms with Crippen LogP contribution in [0, 0.1) is 11.7 Å². The van der Waals surface area contributed by atoms with Crippen LogP contribution < -0.4 is 15.4 Å². The fraction of sp³-hybridized carbons (Fsp3) is 0.556. The second kappa shape index (κ2) is 14.9. The molecule has 0 aromatic heterocycles. The van der Waals surface area contributed by atoms with Crippen molar-refractivity contribution in [2.24, 2.45) is 5.92 Å². The zero-order chi connectivity index (χ0) is 39.0. The molecule has 2 aliphatic heterocycles. The van der Waals surface area contributed by atoms with Crippen molar-refractivity contribution in [3.8, 4) is 0 Å². The number of likely N-dealkylation sites (tertiary alicyclic amines) is 1. The molecule has 0 unspecified atom stereocenters. The molecule has 2 heterocycles. The predicted octanol–water partition coefficient (Wildman–Crippen LogP) is 2.74. The van der Waals surface area contributed by atoms with E-state index in [-0.39, 0.29) is 32.5 Å². The van der Waals surface area contributed by atoms with E-state index in [1.54, 1.807) is 40.7 Å². The normalized spacial score (nSPS) is 23.9. The Labute approximate surface area is 307 Å². The minimum Gasteiger partial charge on any atom is -0.444 e. The first-order chi connectivity index (χ1) is 24.7. The van der Waals surface area contributed by atoms with Gasteiger partial charge in [-0.05, 0) is 71.6 Å². The molecule has 2 saturated carbocycles. The predicted molar refractivity (Wildman–Crippen MR) is 188 cm³/mol. The lowest BCUT2D eigenvalue weighted by Gasteiger charge is -2.30. The smallest absolute Gasteiger partial charge is 0.410 e. The van der Waals surface area contributed by atoms with Crippen molar-refractivity contribution in [3.05, 3.63) is 59.4 Å².